The first-order valence-electron chi connectivity index (χ1n) is 7.40. The van der Waals surface area contributed by atoms with Crippen molar-refractivity contribution in [3.05, 3.63) is 60.2 Å². The van der Waals surface area contributed by atoms with Gasteiger partial charge in [0.05, 0.1) is 19.3 Å². The summed E-state index contributed by atoms with van der Waals surface area (Å²) in [4.78, 5) is 1.98. The first-order chi connectivity index (χ1) is 10.6. The van der Waals surface area contributed by atoms with Crippen LogP contribution in [0.1, 0.15) is 18.6 Å². The van der Waals surface area contributed by atoms with Crippen molar-refractivity contribution in [3.63, 3.8) is 0 Å². The Hall–Kier alpha value is -2.04. The SMILES string of the molecule is COc1cccc(C(O)CN(CC(C)O)c2ccccc2)c1. The highest BCUT2D eigenvalue weighted by molar-refractivity contribution is 5.46. The molecule has 2 unspecified atom stereocenters. The fourth-order valence-corrected chi connectivity index (χ4v) is 2.41. The normalized spacial score (nSPS) is 13.5. The molecule has 0 saturated heterocycles. The van der Waals surface area contributed by atoms with Gasteiger partial charge in [-0.1, -0.05) is 30.3 Å². The number of para-hydroxylation sites is 1. The Morgan fingerprint density at radius 3 is 2.36 bits per heavy atom. The molecule has 0 aliphatic rings. The van der Waals surface area contributed by atoms with Crippen LogP contribution in [-0.4, -0.2) is 36.5 Å². The van der Waals surface area contributed by atoms with Crippen molar-refractivity contribution in [3.8, 4) is 5.75 Å². The monoisotopic (exact) mass is 301 g/mol. The van der Waals surface area contributed by atoms with Crippen LogP contribution in [0.2, 0.25) is 0 Å². The molecule has 4 nitrogen and oxygen atoms in total. The molecule has 2 N–H and O–H groups in total. The smallest absolute Gasteiger partial charge is 0.119 e. The van der Waals surface area contributed by atoms with Crippen LogP contribution in [0, 0.1) is 0 Å². The van der Waals surface area contributed by atoms with E-state index in [1.807, 2.05) is 59.5 Å². The van der Waals surface area contributed by atoms with Gasteiger partial charge in [0.15, 0.2) is 0 Å². The van der Waals surface area contributed by atoms with E-state index < -0.39 is 12.2 Å². The number of nitrogens with zero attached hydrogens (tertiary/aromatic N) is 1. The van der Waals surface area contributed by atoms with Gasteiger partial charge in [-0.3, -0.25) is 0 Å². The van der Waals surface area contributed by atoms with E-state index in [1.165, 1.54) is 0 Å². The van der Waals surface area contributed by atoms with Gasteiger partial charge in [0.25, 0.3) is 0 Å². The van der Waals surface area contributed by atoms with Gasteiger partial charge in [-0.05, 0) is 36.8 Å². The zero-order valence-corrected chi connectivity index (χ0v) is 13.0. The molecule has 0 aromatic heterocycles. The van der Waals surface area contributed by atoms with Crippen molar-refractivity contribution < 1.29 is 14.9 Å². The van der Waals surface area contributed by atoms with E-state index in [0.29, 0.717) is 13.1 Å². The molecule has 0 heterocycles. The summed E-state index contributed by atoms with van der Waals surface area (Å²) in [7, 11) is 1.61. The third-order valence-corrected chi connectivity index (χ3v) is 3.48. The highest BCUT2D eigenvalue weighted by Gasteiger charge is 2.16. The van der Waals surface area contributed by atoms with E-state index in [0.717, 1.165) is 17.0 Å². The Balaban J connectivity index is 2.15. The Bertz CT molecular complexity index is 572. The largest absolute Gasteiger partial charge is 0.497 e. The minimum atomic E-state index is -0.658. The van der Waals surface area contributed by atoms with E-state index in [4.69, 9.17) is 4.74 Å². The van der Waals surface area contributed by atoms with Crippen LogP contribution in [0.3, 0.4) is 0 Å². The molecule has 22 heavy (non-hydrogen) atoms. The van der Waals surface area contributed by atoms with Crippen molar-refractivity contribution in [2.24, 2.45) is 0 Å². The quantitative estimate of drug-likeness (QED) is 0.825. The summed E-state index contributed by atoms with van der Waals surface area (Å²) in [5, 5.41) is 20.2. The number of hydrogen-bond donors (Lipinski definition) is 2. The average Bonchev–Trinajstić information content (AvgIpc) is 2.54. The second-order valence-corrected chi connectivity index (χ2v) is 5.38. The molecule has 0 aliphatic carbocycles. The molecule has 2 atom stereocenters. The zero-order valence-electron chi connectivity index (χ0n) is 13.0. The summed E-state index contributed by atoms with van der Waals surface area (Å²) in [6, 6.07) is 17.2. The van der Waals surface area contributed by atoms with E-state index in [-0.39, 0.29) is 0 Å². The average molecular weight is 301 g/mol. The molecule has 0 radical (unpaired) electrons. The molecule has 0 bridgehead atoms. The third-order valence-electron chi connectivity index (χ3n) is 3.48. The van der Waals surface area contributed by atoms with Crippen LogP contribution in [0.25, 0.3) is 0 Å². The summed E-state index contributed by atoms with van der Waals surface area (Å²) in [5.41, 5.74) is 1.77. The first-order valence-corrected chi connectivity index (χ1v) is 7.40. The van der Waals surface area contributed by atoms with E-state index in [2.05, 4.69) is 0 Å². The number of benzene rings is 2. The molecule has 0 saturated carbocycles. The van der Waals surface area contributed by atoms with Crippen molar-refractivity contribution in [1.82, 2.24) is 0 Å². The molecule has 0 amide bonds. The molecule has 2 aromatic rings. The molecular formula is C18H23NO3. The van der Waals surface area contributed by atoms with Crippen molar-refractivity contribution in [1.29, 1.82) is 0 Å². The topological polar surface area (TPSA) is 52.9 Å². The highest BCUT2D eigenvalue weighted by atomic mass is 16.5. The lowest BCUT2D eigenvalue weighted by atomic mass is 10.1. The van der Waals surface area contributed by atoms with Crippen LogP contribution < -0.4 is 9.64 Å². The summed E-state index contributed by atoms with van der Waals surface area (Å²) in [6.07, 6.45) is -1.13. The zero-order chi connectivity index (χ0) is 15.9. The molecule has 2 aromatic carbocycles. The summed E-state index contributed by atoms with van der Waals surface area (Å²) in [6.45, 7) is 2.61. The molecule has 0 aliphatic heterocycles. The number of rotatable bonds is 7. The van der Waals surface area contributed by atoms with Gasteiger partial charge in [0, 0.05) is 18.8 Å². The summed E-state index contributed by atoms with van der Waals surface area (Å²) in [5.74, 6) is 0.721. The van der Waals surface area contributed by atoms with E-state index in [1.54, 1.807) is 14.0 Å². The lowest BCUT2D eigenvalue weighted by Gasteiger charge is -2.28. The minimum Gasteiger partial charge on any atom is -0.497 e. The van der Waals surface area contributed by atoms with Gasteiger partial charge < -0.3 is 19.8 Å². The van der Waals surface area contributed by atoms with Crippen LogP contribution in [-0.2, 0) is 0 Å². The van der Waals surface area contributed by atoms with Crippen LogP contribution in [0.5, 0.6) is 5.75 Å². The number of aliphatic hydroxyl groups is 2. The maximum absolute atomic E-state index is 10.5. The Morgan fingerprint density at radius 2 is 1.73 bits per heavy atom. The predicted molar refractivity (Wildman–Crippen MR) is 88.3 cm³/mol. The Labute approximate surface area is 131 Å². The number of aliphatic hydroxyl groups excluding tert-OH is 2. The second kappa shape index (κ2) is 7.82. The van der Waals surface area contributed by atoms with Gasteiger partial charge in [0.1, 0.15) is 5.75 Å². The van der Waals surface area contributed by atoms with Gasteiger partial charge in [-0.2, -0.15) is 0 Å². The Kier molecular flexibility index (Phi) is 5.81. The standard InChI is InChI=1S/C18H23NO3/c1-14(20)12-19(16-8-4-3-5-9-16)13-18(21)15-7-6-10-17(11-15)22-2/h3-11,14,18,20-21H,12-13H2,1-2H3. The fraction of sp³-hybridized carbons (Fsp3) is 0.333. The number of hydrogen-bond acceptors (Lipinski definition) is 4. The first kappa shape index (κ1) is 16.3. The molecule has 4 heteroatoms. The van der Waals surface area contributed by atoms with Gasteiger partial charge in [-0.25, -0.2) is 0 Å². The van der Waals surface area contributed by atoms with E-state index >= 15 is 0 Å². The van der Waals surface area contributed by atoms with Gasteiger partial charge in [-0.15, -0.1) is 0 Å². The van der Waals surface area contributed by atoms with Crippen molar-refractivity contribution >= 4 is 5.69 Å². The molecule has 0 spiro atoms. The van der Waals surface area contributed by atoms with Crippen LogP contribution >= 0.6 is 0 Å². The highest BCUT2D eigenvalue weighted by Crippen LogP contribution is 2.22. The van der Waals surface area contributed by atoms with Crippen molar-refractivity contribution in [2.75, 3.05) is 25.1 Å². The minimum absolute atomic E-state index is 0.405. The molecule has 0 fully saturated rings. The van der Waals surface area contributed by atoms with Crippen molar-refractivity contribution in [2.45, 2.75) is 19.1 Å². The van der Waals surface area contributed by atoms with Gasteiger partial charge in [0.2, 0.25) is 0 Å². The third kappa shape index (κ3) is 4.48. The van der Waals surface area contributed by atoms with Crippen LogP contribution in [0.15, 0.2) is 54.6 Å². The fourth-order valence-electron chi connectivity index (χ4n) is 2.41. The molecule has 118 valence electrons. The second-order valence-electron chi connectivity index (χ2n) is 5.38. The van der Waals surface area contributed by atoms with E-state index in [9.17, 15) is 10.2 Å². The molecule has 2 rings (SSSR count). The molecular weight excluding hydrogens is 278 g/mol. The van der Waals surface area contributed by atoms with Gasteiger partial charge >= 0.3 is 0 Å². The van der Waals surface area contributed by atoms with Crippen LogP contribution in [0.4, 0.5) is 5.69 Å². The lowest BCUT2D eigenvalue weighted by molar-refractivity contribution is 0.168. The lowest BCUT2D eigenvalue weighted by Crippen LogP contribution is -2.34. The number of methoxy groups -OCH3 is 1. The number of anilines is 1. The maximum Gasteiger partial charge on any atom is 0.119 e. The summed E-state index contributed by atoms with van der Waals surface area (Å²) < 4.78 is 5.19. The predicted octanol–water partition coefficient (Wildman–Crippen LogP) is 2.62. The Morgan fingerprint density at radius 1 is 1.00 bits per heavy atom. The maximum atomic E-state index is 10.5. The summed E-state index contributed by atoms with van der Waals surface area (Å²) >= 11 is 0. The number of ether oxygens (including phenoxy) is 1.